The molecular formula is C19H23F2N3O. The molecule has 1 aliphatic carbocycles. The first-order valence-corrected chi connectivity index (χ1v) is 8.85. The molecule has 0 amide bonds. The van der Waals surface area contributed by atoms with Crippen LogP contribution in [0.3, 0.4) is 0 Å². The summed E-state index contributed by atoms with van der Waals surface area (Å²) in [6, 6.07) is 4.08. The second kappa shape index (κ2) is 6.18. The number of likely N-dealkylation sites (tertiary alicyclic amines) is 1. The molecule has 6 heteroatoms. The Morgan fingerprint density at radius 1 is 1.20 bits per heavy atom. The number of halogens is 2. The second-order valence-corrected chi connectivity index (χ2v) is 7.45. The van der Waals surface area contributed by atoms with E-state index in [1.807, 2.05) is 17.8 Å². The summed E-state index contributed by atoms with van der Waals surface area (Å²) in [5.74, 6) is -0.671. The van der Waals surface area contributed by atoms with Gasteiger partial charge in [0, 0.05) is 50.9 Å². The van der Waals surface area contributed by atoms with Crippen molar-refractivity contribution in [2.24, 2.45) is 18.9 Å². The number of hydrogen-bond donors (Lipinski definition) is 1. The average molecular weight is 347 g/mol. The molecule has 1 saturated carbocycles. The van der Waals surface area contributed by atoms with Crippen LogP contribution >= 0.6 is 0 Å². The van der Waals surface area contributed by atoms with Crippen molar-refractivity contribution in [2.45, 2.75) is 31.4 Å². The fourth-order valence-corrected chi connectivity index (χ4v) is 4.68. The average Bonchev–Trinajstić information content (AvgIpc) is 2.99. The molecule has 1 aliphatic heterocycles. The van der Waals surface area contributed by atoms with Crippen molar-refractivity contribution in [2.75, 3.05) is 13.1 Å². The van der Waals surface area contributed by atoms with Crippen LogP contribution < -0.4 is 0 Å². The van der Waals surface area contributed by atoms with E-state index in [9.17, 15) is 13.9 Å². The Hall–Kier alpha value is -1.79. The lowest BCUT2D eigenvalue weighted by Gasteiger charge is -2.52. The molecule has 2 fully saturated rings. The first-order valence-electron chi connectivity index (χ1n) is 8.85. The third kappa shape index (κ3) is 2.77. The number of nitrogens with zero attached hydrogens (tertiary/aromatic N) is 3. The predicted molar refractivity (Wildman–Crippen MR) is 89.6 cm³/mol. The van der Waals surface area contributed by atoms with Gasteiger partial charge in [-0.2, -0.15) is 0 Å². The number of hydrogen-bond acceptors (Lipinski definition) is 3. The standard InChI is InChI=1S/C19H23F2N3O/c1-23-8-7-22-18(23)19(25)14-3-2-4-15(19)12-24(11-14)10-13-5-6-16(20)17(21)9-13/h5-9,14-15,25H,2-4,10-12H2,1H3/t14-,15-/m0/s1. The number of aryl methyl sites for hydroxylation is 1. The van der Waals surface area contributed by atoms with Crippen LogP contribution in [0.25, 0.3) is 0 Å². The summed E-state index contributed by atoms with van der Waals surface area (Å²) < 4.78 is 28.5. The van der Waals surface area contributed by atoms with E-state index >= 15 is 0 Å². The molecule has 2 aliphatic rings. The van der Waals surface area contributed by atoms with Gasteiger partial charge in [-0.15, -0.1) is 0 Å². The molecule has 2 aromatic rings. The van der Waals surface area contributed by atoms with Crippen LogP contribution in [-0.2, 0) is 19.2 Å². The topological polar surface area (TPSA) is 41.3 Å². The maximum absolute atomic E-state index is 13.5. The van der Waals surface area contributed by atoms with E-state index in [4.69, 9.17) is 0 Å². The summed E-state index contributed by atoms with van der Waals surface area (Å²) in [4.78, 5) is 6.68. The van der Waals surface area contributed by atoms with Gasteiger partial charge in [0.2, 0.25) is 0 Å². The molecule has 1 aromatic heterocycles. The van der Waals surface area contributed by atoms with E-state index in [1.54, 1.807) is 12.3 Å². The summed E-state index contributed by atoms with van der Waals surface area (Å²) >= 11 is 0. The minimum Gasteiger partial charge on any atom is -0.381 e. The van der Waals surface area contributed by atoms with Gasteiger partial charge in [-0.1, -0.05) is 12.5 Å². The molecule has 2 heterocycles. The van der Waals surface area contributed by atoms with E-state index in [-0.39, 0.29) is 11.8 Å². The van der Waals surface area contributed by atoms with Gasteiger partial charge in [0.05, 0.1) is 0 Å². The highest BCUT2D eigenvalue weighted by molar-refractivity contribution is 5.19. The normalized spacial score (nSPS) is 29.8. The van der Waals surface area contributed by atoms with E-state index < -0.39 is 17.2 Å². The Morgan fingerprint density at radius 3 is 2.52 bits per heavy atom. The summed E-state index contributed by atoms with van der Waals surface area (Å²) in [7, 11) is 1.92. The molecule has 134 valence electrons. The van der Waals surface area contributed by atoms with Crippen LogP contribution in [-0.4, -0.2) is 32.6 Å². The van der Waals surface area contributed by atoms with Crippen LogP contribution in [0.1, 0.15) is 30.7 Å². The van der Waals surface area contributed by atoms with Gasteiger partial charge in [-0.25, -0.2) is 13.8 Å². The van der Waals surface area contributed by atoms with Crippen LogP contribution in [0.15, 0.2) is 30.6 Å². The molecule has 0 radical (unpaired) electrons. The fraction of sp³-hybridized carbons (Fsp3) is 0.526. The van der Waals surface area contributed by atoms with Crippen molar-refractivity contribution in [1.82, 2.24) is 14.5 Å². The van der Waals surface area contributed by atoms with Gasteiger partial charge in [-0.3, -0.25) is 4.90 Å². The number of imidazole rings is 1. The molecular weight excluding hydrogens is 324 g/mol. The third-order valence-corrected chi connectivity index (χ3v) is 5.88. The van der Waals surface area contributed by atoms with Crippen LogP contribution in [0, 0.1) is 23.5 Å². The maximum atomic E-state index is 13.5. The van der Waals surface area contributed by atoms with E-state index in [1.165, 1.54) is 12.1 Å². The highest BCUT2D eigenvalue weighted by Crippen LogP contribution is 2.48. The monoisotopic (exact) mass is 347 g/mol. The van der Waals surface area contributed by atoms with Crippen molar-refractivity contribution >= 4 is 0 Å². The lowest BCUT2D eigenvalue weighted by atomic mass is 9.65. The zero-order valence-corrected chi connectivity index (χ0v) is 14.3. The van der Waals surface area contributed by atoms with Gasteiger partial charge >= 0.3 is 0 Å². The van der Waals surface area contributed by atoms with Crippen molar-refractivity contribution < 1.29 is 13.9 Å². The summed E-state index contributed by atoms with van der Waals surface area (Å²) in [6.07, 6.45) is 6.62. The minimum atomic E-state index is -0.902. The molecule has 1 N–H and O–H groups in total. The first kappa shape index (κ1) is 16.7. The molecule has 4 rings (SSSR count). The van der Waals surface area contributed by atoms with Crippen molar-refractivity contribution in [3.63, 3.8) is 0 Å². The van der Waals surface area contributed by atoms with E-state index in [2.05, 4.69) is 9.88 Å². The summed E-state index contributed by atoms with van der Waals surface area (Å²) in [5, 5.41) is 11.5. The van der Waals surface area contributed by atoms with E-state index in [0.29, 0.717) is 6.54 Å². The summed E-state index contributed by atoms with van der Waals surface area (Å²) in [5.41, 5.74) is -0.138. The van der Waals surface area contributed by atoms with Gasteiger partial charge in [0.1, 0.15) is 11.4 Å². The Morgan fingerprint density at radius 2 is 1.92 bits per heavy atom. The van der Waals surface area contributed by atoms with Crippen molar-refractivity contribution in [3.05, 3.63) is 53.6 Å². The van der Waals surface area contributed by atoms with E-state index in [0.717, 1.165) is 43.7 Å². The lowest BCUT2D eigenvalue weighted by molar-refractivity contribution is -0.155. The Balaban J connectivity index is 1.57. The molecule has 1 saturated heterocycles. The largest absolute Gasteiger partial charge is 0.381 e. The second-order valence-electron chi connectivity index (χ2n) is 7.45. The molecule has 0 spiro atoms. The zero-order chi connectivity index (χ0) is 17.6. The molecule has 4 nitrogen and oxygen atoms in total. The molecule has 2 bridgehead atoms. The highest BCUT2D eigenvalue weighted by Gasteiger charge is 2.53. The Bertz CT molecular complexity index is 762. The molecule has 2 atom stereocenters. The van der Waals surface area contributed by atoms with Gasteiger partial charge < -0.3 is 9.67 Å². The number of piperidine rings is 1. The van der Waals surface area contributed by atoms with Crippen molar-refractivity contribution in [1.29, 1.82) is 0 Å². The molecule has 0 unspecified atom stereocenters. The zero-order valence-electron chi connectivity index (χ0n) is 14.3. The minimum absolute atomic E-state index is 0.103. The first-order chi connectivity index (χ1) is 12.0. The fourth-order valence-electron chi connectivity index (χ4n) is 4.68. The maximum Gasteiger partial charge on any atom is 0.159 e. The number of aromatic nitrogens is 2. The highest BCUT2D eigenvalue weighted by atomic mass is 19.2. The van der Waals surface area contributed by atoms with Crippen molar-refractivity contribution in [3.8, 4) is 0 Å². The van der Waals surface area contributed by atoms with Gasteiger partial charge in [0.15, 0.2) is 11.6 Å². The molecule has 25 heavy (non-hydrogen) atoms. The third-order valence-electron chi connectivity index (χ3n) is 5.88. The number of benzene rings is 1. The molecule has 1 aromatic carbocycles. The number of rotatable bonds is 3. The Labute approximate surface area is 146 Å². The van der Waals surface area contributed by atoms with Gasteiger partial charge in [-0.05, 0) is 30.5 Å². The van der Waals surface area contributed by atoms with Gasteiger partial charge in [0.25, 0.3) is 0 Å². The quantitative estimate of drug-likeness (QED) is 0.928. The number of fused-ring (bicyclic) bond motifs is 2. The number of aliphatic hydroxyl groups is 1. The van der Waals surface area contributed by atoms with Crippen LogP contribution in [0.2, 0.25) is 0 Å². The van der Waals surface area contributed by atoms with Crippen LogP contribution in [0.4, 0.5) is 8.78 Å². The Kier molecular flexibility index (Phi) is 4.12. The lowest BCUT2D eigenvalue weighted by Crippen LogP contribution is -2.58. The smallest absolute Gasteiger partial charge is 0.159 e. The SMILES string of the molecule is Cn1ccnc1C1(O)[C@H]2CCC[C@H]1CN(Cc1ccc(F)c(F)c1)C2. The summed E-state index contributed by atoms with van der Waals surface area (Å²) in [6.45, 7) is 2.04. The predicted octanol–water partition coefficient (Wildman–Crippen LogP) is 2.82. The van der Waals surface area contributed by atoms with Crippen LogP contribution in [0.5, 0.6) is 0 Å².